The SMILES string of the molecule is Oc1cccc(C#C/C=C/c2ccccc2)c1. The van der Waals surface area contributed by atoms with E-state index in [1.54, 1.807) is 24.3 Å². The number of hydrogen-bond donors (Lipinski definition) is 1. The fraction of sp³-hybridized carbons (Fsp3) is 0. The Hall–Kier alpha value is -2.46. The third-order valence-corrected chi connectivity index (χ3v) is 2.22. The number of aromatic hydroxyl groups is 1. The zero-order chi connectivity index (χ0) is 11.9. The molecule has 0 aliphatic rings. The van der Waals surface area contributed by atoms with E-state index >= 15 is 0 Å². The third kappa shape index (κ3) is 3.55. The summed E-state index contributed by atoms with van der Waals surface area (Å²) < 4.78 is 0. The molecule has 0 aliphatic carbocycles. The highest BCUT2D eigenvalue weighted by Gasteiger charge is 1.87. The molecule has 1 nitrogen and oxygen atoms in total. The number of benzene rings is 2. The molecule has 0 bridgehead atoms. The van der Waals surface area contributed by atoms with Crippen LogP contribution in [0.1, 0.15) is 11.1 Å². The first-order valence-electron chi connectivity index (χ1n) is 5.37. The molecule has 0 heterocycles. The Morgan fingerprint density at radius 1 is 0.941 bits per heavy atom. The largest absolute Gasteiger partial charge is 0.508 e. The maximum Gasteiger partial charge on any atom is 0.116 e. The van der Waals surface area contributed by atoms with Crippen LogP contribution in [0.5, 0.6) is 5.75 Å². The second-order valence-corrected chi connectivity index (χ2v) is 3.56. The maximum atomic E-state index is 9.26. The van der Waals surface area contributed by atoms with Gasteiger partial charge in [0.2, 0.25) is 0 Å². The Morgan fingerprint density at radius 3 is 2.53 bits per heavy atom. The number of hydrogen-bond acceptors (Lipinski definition) is 1. The average Bonchev–Trinajstić information content (AvgIpc) is 2.36. The van der Waals surface area contributed by atoms with Crippen LogP contribution in [0.25, 0.3) is 6.08 Å². The molecule has 0 saturated carbocycles. The fourth-order valence-electron chi connectivity index (χ4n) is 1.41. The van der Waals surface area contributed by atoms with Crippen LogP contribution < -0.4 is 0 Å². The average molecular weight is 220 g/mol. The first-order chi connectivity index (χ1) is 8.34. The number of phenols is 1. The molecule has 2 aromatic rings. The van der Waals surface area contributed by atoms with E-state index in [1.165, 1.54) is 0 Å². The van der Waals surface area contributed by atoms with Gasteiger partial charge in [0.05, 0.1) is 0 Å². The van der Waals surface area contributed by atoms with E-state index in [4.69, 9.17) is 0 Å². The van der Waals surface area contributed by atoms with Crippen LogP contribution in [-0.4, -0.2) is 5.11 Å². The van der Waals surface area contributed by atoms with Gasteiger partial charge < -0.3 is 5.11 Å². The van der Waals surface area contributed by atoms with Crippen molar-refractivity contribution in [3.8, 4) is 17.6 Å². The van der Waals surface area contributed by atoms with Gasteiger partial charge in [0, 0.05) is 5.56 Å². The van der Waals surface area contributed by atoms with Gasteiger partial charge in [0.25, 0.3) is 0 Å². The van der Waals surface area contributed by atoms with Crippen LogP contribution in [0.4, 0.5) is 0 Å². The molecule has 17 heavy (non-hydrogen) atoms. The first kappa shape index (κ1) is 11.0. The lowest BCUT2D eigenvalue weighted by molar-refractivity contribution is 0.475. The van der Waals surface area contributed by atoms with Crippen molar-refractivity contribution in [3.05, 3.63) is 71.8 Å². The Balaban J connectivity index is 2.06. The van der Waals surface area contributed by atoms with Crippen molar-refractivity contribution in [2.75, 3.05) is 0 Å². The van der Waals surface area contributed by atoms with Gasteiger partial charge in [-0.05, 0) is 35.9 Å². The molecule has 0 amide bonds. The van der Waals surface area contributed by atoms with E-state index in [0.717, 1.165) is 11.1 Å². The summed E-state index contributed by atoms with van der Waals surface area (Å²) in [4.78, 5) is 0. The summed E-state index contributed by atoms with van der Waals surface area (Å²) in [5.41, 5.74) is 1.93. The number of rotatable bonds is 1. The van der Waals surface area contributed by atoms with Crippen molar-refractivity contribution in [2.45, 2.75) is 0 Å². The topological polar surface area (TPSA) is 20.2 Å². The van der Waals surface area contributed by atoms with E-state index in [-0.39, 0.29) is 5.75 Å². The highest BCUT2D eigenvalue weighted by molar-refractivity contribution is 5.53. The molecule has 82 valence electrons. The van der Waals surface area contributed by atoms with E-state index in [2.05, 4.69) is 11.8 Å². The zero-order valence-corrected chi connectivity index (χ0v) is 9.30. The van der Waals surface area contributed by atoms with Crippen molar-refractivity contribution < 1.29 is 5.11 Å². The highest BCUT2D eigenvalue weighted by atomic mass is 16.3. The molecule has 0 saturated heterocycles. The van der Waals surface area contributed by atoms with E-state index < -0.39 is 0 Å². The van der Waals surface area contributed by atoms with Crippen LogP contribution in [0, 0.1) is 11.8 Å². The maximum absolute atomic E-state index is 9.26. The zero-order valence-electron chi connectivity index (χ0n) is 9.30. The lowest BCUT2D eigenvalue weighted by atomic mass is 10.2. The Morgan fingerprint density at radius 2 is 1.76 bits per heavy atom. The minimum absolute atomic E-state index is 0.240. The van der Waals surface area contributed by atoms with Gasteiger partial charge in [-0.25, -0.2) is 0 Å². The van der Waals surface area contributed by atoms with Gasteiger partial charge in [0.1, 0.15) is 5.75 Å². The second kappa shape index (κ2) is 5.58. The lowest BCUT2D eigenvalue weighted by Crippen LogP contribution is -1.72. The van der Waals surface area contributed by atoms with Gasteiger partial charge in [0.15, 0.2) is 0 Å². The van der Waals surface area contributed by atoms with Gasteiger partial charge in [-0.2, -0.15) is 0 Å². The Labute approximate surface area is 101 Å². The third-order valence-electron chi connectivity index (χ3n) is 2.22. The molecule has 0 fully saturated rings. The van der Waals surface area contributed by atoms with Crippen molar-refractivity contribution >= 4 is 6.08 Å². The highest BCUT2D eigenvalue weighted by Crippen LogP contribution is 2.09. The van der Waals surface area contributed by atoms with Crippen molar-refractivity contribution in [1.82, 2.24) is 0 Å². The molecule has 0 aliphatic heterocycles. The van der Waals surface area contributed by atoms with Crippen molar-refractivity contribution in [2.24, 2.45) is 0 Å². The van der Waals surface area contributed by atoms with Crippen LogP contribution in [-0.2, 0) is 0 Å². The molecule has 0 unspecified atom stereocenters. The summed E-state index contributed by atoms with van der Waals surface area (Å²) in [5.74, 6) is 6.13. The summed E-state index contributed by atoms with van der Waals surface area (Å²) in [6, 6.07) is 16.9. The van der Waals surface area contributed by atoms with E-state index in [0.29, 0.717) is 0 Å². The molecule has 1 heteroatoms. The fourth-order valence-corrected chi connectivity index (χ4v) is 1.41. The molecular weight excluding hydrogens is 208 g/mol. The number of allylic oxidation sites excluding steroid dienone is 1. The predicted octanol–water partition coefficient (Wildman–Crippen LogP) is 3.46. The molecule has 1 N–H and O–H groups in total. The quantitative estimate of drug-likeness (QED) is 0.730. The Kier molecular flexibility index (Phi) is 3.62. The molecule has 0 spiro atoms. The summed E-state index contributed by atoms with van der Waals surface area (Å²) in [5, 5.41) is 9.26. The van der Waals surface area contributed by atoms with Crippen molar-refractivity contribution in [3.63, 3.8) is 0 Å². The van der Waals surface area contributed by atoms with Gasteiger partial charge >= 0.3 is 0 Å². The standard InChI is InChI=1S/C16H12O/c17-16-12-6-11-15(13-16)10-5-4-9-14-7-2-1-3-8-14/h1-4,6-9,11-13,17H/b9-4+. The molecule has 2 aromatic carbocycles. The normalized spacial score (nSPS) is 9.88. The van der Waals surface area contributed by atoms with Crippen molar-refractivity contribution in [1.29, 1.82) is 0 Å². The minimum Gasteiger partial charge on any atom is -0.508 e. The lowest BCUT2D eigenvalue weighted by Gasteiger charge is -1.90. The van der Waals surface area contributed by atoms with E-state index in [1.807, 2.05) is 42.5 Å². The van der Waals surface area contributed by atoms with Crippen LogP contribution in [0.3, 0.4) is 0 Å². The van der Waals surface area contributed by atoms with Gasteiger partial charge in [-0.1, -0.05) is 48.2 Å². The smallest absolute Gasteiger partial charge is 0.116 e. The van der Waals surface area contributed by atoms with Gasteiger partial charge in [-0.15, -0.1) is 0 Å². The summed E-state index contributed by atoms with van der Waals surface area (Å²) >= 11 is 0. The number of phenolic OH excluding ortho intramolecular Hbond substituents is 1. The molecule has 0 radical (unpaired) electrons. The van der Waals surface area contributed by atoms with Gasteiger partial charge in [-0.3, -0.25) is 0 Å². The van der Waals surface area contributed by atoms with Crippen LogP contribution in [0.2, 0.25) is 0 Å². The first-order valence-corrected chi connectivity index (χ1v) is 5.37. The molecule has 0 aromatic heterocycles. The van der Waals surface area contributed by atoms with E-state index in [9.17, 15) is 5.11 Å². The second-order valence-electron chi connectivity index (χ2n) is 3.56. The van der Waals surface area contributed by atoms with Crippen LogP contribution in [0.15, 0.2) is 60.7 Å². The minimum atomic E-state index is 0.240. The summed E-state index contributed by atoms with van der Waals surface area (Å²) in [6.07, 6.45) is 3.76. The molecule has 2 rings (SSSR count). The summed E-state index contributed by atoms with van der Waals surface area (Å²) in [6.45, 7) is 0. The Bertz CT molecular complexity index is 571. The molecular formula is C16H12O. The molecule has 0 atom stereocenters. The summed E-state index contributed by atoms with van der Waals surface area (Å²) in [7, 11) is 0. The van der Waals surface area contributed by atoms with Crippen LogP contribution >= 0.6 is 0 Å². The monoisotopic (exact) mass is 220 g/mol. The predicted molar refractivity (Wildman–Crippen MR) is 70.5 cm³/mol.